The Morgan fingerprint density at radius 1 is 1.17 bits per heavy atom. The van der Waals surface area contributed by atoms with Crippen LogP contribution in [0.2, 0.25) is 0 Å². The molecule has 1 aliphatic heterocycles. The number of hydrogen-bond acceptors (Lipinski definition) is 7. The first-order valence-corrected chi connectivity index (χ1v) is 10.9. The zero-order valence-electron chi connectivity index (χ0n) is 16.7. The topological polar surface area (TPSA) is 107 Å². The van der Waals surface area contributed by atoms with Gasteiger partial charge in [0, 0.05) is 24.6 Å². The van der Waals surface area contributed by atoms with E-state index in [2.05, 4.69) is 5.16 Å². The maximum Gasteiger partial charge on any atom is 0.344 e. The molecule has 3 rings (SSSR count). The molecule has 1 aliphatic rings. The lowest BCUT2D eigenvalue weighted by Crippen LogP contribution is -2.27. The predicted molar refractivity (Wildman–Crippen MR) is 104 cm³/mol. The summed E-state index contributed by atoms with van der Waals surface area (Å²) in [5, 5.41) is 3.79. The monoisotopic (exact) mass is 420 g/mol. The Bertz CT molecular complexity index is 1000. The minimum Gasteiger partial charge on any atom is -0.454 e. The van der Waals surface area contributed by atoms with Crippen molar-refractivity contribution >= 4 is 21.8 Å². The molecule has 0 N–H and O–H groups in total. The molecule has 0 amide bonds. The molecule has 0 radical (unpaired) electrons. The average molecular weight is 420 g/mol. The number of ether oxygens (including phenoxy) is 1. The molecule has 9 heteroatoms. The fourth-order valence-electron chi connectivity index (χ4n) is 3.21. The summed E-state index contributed by atoms with van der Waals surface area (Å²) in [5.41, 5.74) is 0.909. The number of carbonyl (C=O) groups is 2. The van der Waals surface area contributed by atoms with Crippen LogP contribution in [-0.2, 0) is 14.8 Å². The fraction of sp³-hybridized carbons (Fsp3) is 0.450. The molecule has 2 aromatic rings. The molecule has 1 saturated heterocycles. The number of rotatable bonds is 7. The Morgan fingerprint density at radius 3 is 2.38 bits per heavy atom. The number of aryl methyl sites for hydroxylation is 1. The van der Waals surface area contributed by atoms with Crippen LogP contribution in [0.1, 0.15) is 64.8 Å². The summed E-state index contributed by atoms with van der Waals surface area (Å²) in [7, 11) is -3.53. The molecule has 0 unspecified atom stereocenters. The highest BCUT2D eigenvalue weighted by atomic mass is 32.2. The molecule has 29 heavy (non-hydrogen) atoms. The lowest BCUT2D eigenvalue weighted by atomic mass is 10.1. The molecule has 0 bridgehead atoms. The van der Waals surface area contributed by atoms with Gasteiger partial charge in [-0.15, -0.1) is 0 Å². The number of esters is 1. The summed E-state index contributed by atoms with van der Waals surface area (Å²) in [4.78, 5) is 24.9. The molecule has 2 heterocycles. The van der Waals surface area contributed by atoms with Gasteiger partial charge in [0.2, 0.25) is 10.0 Å². The maximum absolute atomic E-state index is 12.5. The van der Waals surface area contributed by atoms with E-state index in [1.54, 1.807) is 6.92 Å². The van der Waals surface area contributed by atoms with E-state index in [9.17, 15) is 18.0 Å². The van der Waals surface area contributed by atoms with Crippen LogP contribution in [0.5, 0.6) is 0 Å². The molecule has 0 aliphatic carbocycles. The molecular weight excluding hydrogens is 396 g/mol. The van der Waals surface area contributed by atoms with Gasteiger partial charge in [0.1, 0.15) is 5.56 Å². The number of nitrogens with zero attached hydrogens (tertiary/aromatic N) is 2. The normalized spacial score (nSPS) is 15.0. The van der Waals surface area contributed by atoms with Crippen molar-refractivity contribution in [2.24, 2.45) is 0 Å². The Kier molecular flexibility index (Phi) is 6.18. The van der Waals surface area contributed by atoms with E-state index in [1.807, 2.05) is 13.8 Å². The van der Waals surface area contributed by atoms with Crippen LogP contribution in [0.3, 0.4) is 0 Å². The van der Waals surface area contributed by atoms with Crippen LogP contribution in [0.25, 0.3) is 0 Å². The highest BCUT2D eigenvalue weighted by Gasteiger charge is 2.27. The smallest absolute Gasteiger partial charge is 0.344 e. The second-order valence-corrected chi connectivity index (χ2v) is 9.23. The fourth-order valence-corrected chi connectivity index (χ4v) is 4.72. The summed E-state index contributed by atoms with van der Waals surface area (Å²) in [6, 6.07) is 5.68. The van der Waals surface area contributed by atoms with Gasteiger partial charge in [0.25, 0.3) is 0 Å². The van der Waals surface area contributed by atoms with Crippen molar-refractivity contribution < 1.29 is 27.3 Å². The van der Waals surface area contributed by atoms with Crippen LogP contribution in [0.15, 0.2) is 33.7 Å². The molecular formula is C20H24N2O6S. The highest BCUT2D eigenvalue weighted by molar-refractivity contribution is 7.89. The summed E-state index contributed by atoms with van der Waals surface area (Å²) in [6.07, 6.45) is 1.71. The molecule has 156 valence electrons. The Morgan fingerprint density at radius 2 is 1.79 bits per heavy atom. The van der Waals surface area contributed by atoms with Gasteiger partial charge in [0.15, 0.2) is 18.2 Å². The van der Waals surface area contributed by atoms with E-state index in [0.717, 1.165) is 12.8 Å². The molecule has 1 aromatic heterocycles. The summed E-state index contributed by atoms with van der Waals surface area (Å²) >= 11 is 0. The van der Waals surface area contributed by atoms with Crippen LogP contribution in [0, 0.1) is 6.92 Å². The lowest BCUT2D eigenvalue weighted by Gasteiger charge is -2.15. The third-order valence-electron chi connectivity index (χ3n) is 4.83. The van der Waals surface area contributed by atoms with Gasteiger partial charge < -0.3 is 9.26 Å². The van der Waals surface area contributed by atoms with Gasteiger partial charge >= 0.3 is 5.97 Å². The van der Waals surface area contributed by atoms with Crippen molar-refractivity contribution in [1.29, 1.82) is 0 Å². The summed E-state index contributed by atoms with van der Waals surface area (Å²) in [5.74, 6) is -0.742. The third-order valence-corrected chi connectivity index (χ3v) is 6.74. The first kappa shape index (κ1) is 21.2. The maximum atomic E-state index is 12.5. The lowest BCUT2D eigenvalue weighted by molar-refractivity contribution is 0.0471. The van der Waals surface area contributed by atoms with E-state index in [4.69, 9.17) is 9.26 Å². The quantitative estimate of drug-likeness (QED) is 0.501. The second kappa shape index (κ2) is 8.46. The number of aromatic nitrogens is 1. The Labute approximate surface area is 169 Å². The SMILES string of the molecule is Cc1noc(C(C)C)c1C(=O)OCC(=O)c1ccc(S(=O)(=O)N2CCCC2)cc1. The van der Waals surface area contributed by atoms with E-state index in [-0.39, 0.29) is 21.9 Å². The molecule has 1 aromatic carbocycles. The van der Waals surface area contributed by atoms with E-state index >= 15 is 0 Å². The van der Waals surface area contributed by atoms with Crippen LogP contribution in [-0.4, -0.2) is 49.3 Å². The predicted octanol–water partition coefficient (Wildman–Crippen LogP) is 2.93. The largest absolute Gasteiger partial charge is 0.454 e. The van der Waals surface area contributed by atoms with Gasteiger partial charge in [-0.2, -0.15) is 4.31 Å². The van der Waals surface area contributed by atoms with E-state index < -0.39 is 28.4 Å². The molecule has 8 nitrogen and oxygen atoms in total. The number of benzene rings is 1. The first-order chi connectivity index (χ1) is 13.7. The summed E-state index contributed by atoms with van der Waals surface area (Å²) in [6.45, 7) is 5.92. The van der Waals surface area contributed by atoms with Gasteiger partial charge in [-0.25, -0.2) is 13.2 Å². The number of ketones is 1. The van der Waals surface area contributed by atoms with Gasteiger partial charge in [-0.05, 0) is 44.0 Å². The van der Waals surface area contributed by atoms with Crippen molar-refractivity contribution in [3.63, 3.8) is 0 Å². The standard InChI is InChI=1S/C20H24N2O6S/c1-13(2)19-18(14(3)21-28-19)20(24)27-12-17(23)15-6-8-16(9-7-15)29(25,26)22-10-4-5-11-22/h6-9,13H,4-5,10-12H2,1-3H3. The van der Waals surface area contributed by atoms with Crippen molar-refractivity contribution in [2.75, 3.05) is 19.7 Å². The third kappa shape index (κ3) is 4.40. The van der Waals surface area contributed by atoms with Crippen molar-refractivity contribution in [3.05, 3.63) is 46.8 Å². The molecule has 0 saturated carbocycles. The zero-order chi connectivity index (χ0) is 21.2. The van der Waals surface area contributed by atoms with Gasteiger partial charge in [0.05, 0.1) is 10.6 Å². The van der Waals surface area contributed by atoms with Crippen LogP contribution >= 0.6 is 0 Å². The Balaban J connectivity index is 1.66. The van der Waals surface area contributed by atoms with Gasteiger partial charge in [-0.1, -0.05) is 19.0 Å². The Hall–Kier alpha value is -2.52. The van der Waals surface area contributed by atoms with E-state index in [1.165, 1.54) is 28.6 Å². The van der Waals surface area contributed by atoms with Crippen LogP contribution in [0.4, 0.5) is 0 Å². The minimum absolute atomic E-state index is 0.0560. The number of hydrogen-bond donors (Lipinski definition) is 0. The molecule has 0 atom stereocenters. The van der Waals surface area contributed by atoms with Gasteiger partial charge in [-0.3, -0.25) is 4.79 Å². The number of carbonyl (C=O) groups excluding carboxylic acids is 2. The van der Waals surface area contributed by atoms with Crippen molar-refractivity contribution in [3.8, 4) is 0 Å². The minimum atomic E-state index is -3.53. The number of sulfonamides is 1. The highest BCUT2D eigenvalue weighted by Crippen LogP contribution is 2.23. The molecule has 0 spiro atoms. The van der Waals surface area contributed by atoms with Crippen LogP contribution < -0.4 is 0 Å². The number of Topliss-reactive ketones (excluding diaryl/α,β-unsaturated/α-hetero) is 1. The van der Waals surface area contributed by atoms with E-state index in [0.29, 0.717) is 24.5 Å². The summed E-state index contributed by atoms with van der Waals surface area (Å²) < 4.78 is 36.8. The van der Waals surface area contributed by atoms with Crippen molar-refractivity contribution in [1.82, 2.24) is 9.46 Å². The average Bonchev–Trinajstić information content (AvgIpc) is 3.36. The first-order valence-electron chi connectivity index (χ1n) is 9.48. The van der Waals surface area contributed by atoms with Crippen molar-refractivity contribution in [2.45, 2.75) is 44.4 Å². The zero-order valence-corrected chi connectivity index (χ0v) is 17.5. The molecule has 1 fully saturated rings. The second-order valence-electron chi connectivity index (χ2n) is 7.30.